The second kappa shape index (κ2) is 15.5. The number of carbonyl (C=O) groups is 2. The Bertz CT molecular complexity index is 2280. The van der Waals surface area contributed by atoms with Crippen LogP contribution in [0.25, 0.3) is 5.57 Å². The molecule has 57 heavy (non-hydrogen) atoms. The van der Waals surface area contributed by atoms with E-state index in [1.807, 2.05) is 17.0 Å². The number of aromatic amines is 1. The molecule has 2 amide bonds. The van der Waals surface area contributed by atoms with E-state index in [-0.39, 0.29) is 36.2 Å². The van der Waals surface area contributed by atoms with E-state index in [9.17, 15) is 32.7 Å². The maximum atomic E-state index is 13.7. The van der Waals surface area contributed by atoms with Gasteiger partial charge in [0.2, 0.25) is 0 Å². The number of hydrogen-bond acceptors (Lipinski definition) is 7. The molecule has 1 atom stereocenters. The molecular weight excluding hydrogens is 737 g/mol. The number of carbonyl (C=O) groups excluding carboxylic acids is 2. The fourth-order valence-corrected chi connectivity index (χ4v) is 8.43. The number of aromatic nitrogens is 2. The van der Waals surface area contributed by atoms with Crippen molar-refractivity contribution < 1.29 is 37.3 Å². The Morgan fingerprint density at radius 3 is 2.46 bits per heavy atom. The molecule has 0 unspecified atom stereocenters. The second-order valence-corrected chi connectivity index (χ2v) is 15.5. The number of aryl methyl sites for hydroxylation is 1. The number of alkyl halides is 3. The molecule has 10 nitrogen and oxygen atoms in total. The van der Waals surface area contributed by atoms with Gasteiger partial charge in [-0.25, -0.2) is 4.98 Å². The third-order valence-electron chi connectivity index (χ3n) is 11.9. The van der Waals surface area contributed by atoms with Gasteiger partial charge >= 0.3 is 6.18 Å². The highest BCUT2D eigenvalue weighted by atomic mass is 19.4. The molecule has 3 heterocycles. The fourth-order valence-electron chi connectivity index (χ4n) is 8.43. The first-order valence-electron chi connectivity index (χ1n) is 19.6. The van der Waals surface area contributed by atoms with Gasteiger partial charge in [0.05, 0.1) is 42.0 Å². The molecule has 2 fully saturated rings. The zero-order chi connectivity index (χ0) is 39.9. The lowest BCUT2D eigenvalue weighted by molar-refractivity contribution is -0.142. The van der Waals surface area contributed by atoms with Crippen molar-refractivity contribution in [1.82, 2.24) is 19.8 Å². The molecule has 8 rings (SSSR count). The topological polar surface area (TPSA) is 125 Å². The van der Waals surface area contributed by atoms with Crippen LogP contribution in [0.5, 0.6) is 11.5 Å². The number of methoxy groups -OCH3 is 1. The molecule has 298 valence electrons. The Morgan fingerprint density at radius 2 is 1.74 bits per heavy atom. The molecule has 0 radical (unpaired) electrons. The predicted molar refractivity (Wildman–Crippen MR) is 206 cm³/mol. The van der Waals surface area contributed by atoms with Crippen LogP contribution in [0.4, 0.5) is 13.2 Å². The van der Waals surface area contributed by atoms with Gasteiger partial charge in [-0.1, -0.05) is 42.5 Å². The summed E-state index contributed by atoms with van der Waals surface area (Å²) in [5.74, 6) is 0.950. The Hall–Kier alpha value is -5.43. The molecule has 2 N–H and O–H groups in total. The van der Waals surface area contributed by atoms with Crippen LogP contribution in [0.2, 0.25) is 0 Å². The highest BCUT2D eigenvalue weighted by molar-refractivity contribution is 5.95. The zero-order valence-electron chi connectivity index (χ0n) is 31.7. The van der Waals surface area contributed by atoms with E-state index in [1.54, 1.807) is 25.3 Å². The van der Waals surface area contributed by atoms with Crippen molar-refractivity contribution in [3.63, 3.8) is 0 Å². The highest BCUT2D eigenvalue weighted by Gasteiger charge is 2.49. The summed E-state index contributed by atoms with van der Waals surface area (Å²) in [5.41, 5.74) is 2.69. The predicted octanol–water partition coefficient (Wildman–Crippen LogP) is 7.14. The maximum Gasteiger partial charge on any atom is 0.416 e. The Balaban J connectivity index is 0.963. The molecule has 0 bridgehead atoms. The van der Waals surface area contributed by atoms with Crippen molar-refractivity contribution >= 4 is 17.4 Å². The number of aliphatic hydroxyl groups is 1. The number of nitrogens with one attached hydrogen (secondary N) is 1. The van der Waals surface area contributed by atoms with E-state index < -0.39 is 29.2 Å². The second-order valence-electron chi connectivity index (χ2n) is 15.5. The molecule has 4 aromatic rings. The smallest absolute Gasteiger partial charge is 0.416 e. The summed E-state index contributed by atoms with van der Waals surface area (Å²) in [6.07, 6.45) is 3.23. The van der Waals surface area contributed by atoms with E-state index in [0.29, 0.717) is 66.5 Å². The van der Waals surface area contributed by atoms with E-state index in [2.05, 4.69) is 23.2 Å². The number of benzene rings is 3. The molecule has 0 spiro atoms. The largest absolute Gasteiger partial charge is 0.493 e. The Morgan fingerprint density at radius 1 is 0.947 bits per heavy atom. The number of nitrogens with zero attached hydrogens (tertiary/aromatic N) is 3. The van der Waals surface area contributed by atoms with Gasteiger partial charge in [-0.15, -0.1) is 0 Å². The highest BCUT2D eigenvalue weighted by Crippen LogP contribution is 2.52. The van der Waals surface area contributed by atoms with Crippen LogP contribution < -0.4 is 15.0 Å². The van der Waals surface area contributed by atoms with E-state index in [0.717, 1.165) is 73.4 Å². The van der Waals surface area contributed by atoms with Crippen LogP contribution in [0.15, 0.2) is 77.6 Å². The Kier molecular flexibility index (Phi) is 10.4. The van der Waals surface area contributed by atoms with Gasteiger partial charge in [0.25, 0.3) is 17.4 Å². The minimum absolute atomic E-state index is 0.0625. The lowest BCUT2D eigenvalue weighted by atomic mass is 9.90. The molecule has 2 aliphatic carbocycles. The number of H-pyrrole nitrogens is 1. The van der Waals surface area contributed by atoms with Crippen LogP contribution in [-0.4, -0.2) is 69.5 Å². The normalized spacial score (nSPS) is 18.6. The van der Waals surface area contributed by atoms with Crippen molar-refractivity contribution in [3.8, 4) is 11.5 Å². The van der Waals surface area contributed by atoms with Crippen molar-refractivity contribution in [2.75, 3.05) is 26.7 Å². The summed E-state index contributed by atoms with van der Waals surface area (Å²) >= 11 is 0. The lowest BCUT2D eigenvalue weighted by Crippen LogP contribution is -2.36. The van der Waals surface area contributed by atoms with Crippen molar-refractivity contribution in [2.45, 2.75) is 88.1 Å². The number of aliphatic hydroxyl groups excluding tert-OH is 1. The van der Waals surface area contributed by atoms with Crippen molar-refractivity contribution in [3.05, 3.63) is 128 Å². The summed E-state index contributed by atoms with van der Waals surface area (Å²) in [6.45, 7) is 1.11. The standard InChI is InChI=1S/C44H45F3N4O6/c1-56-36-15-14-30(25-37(36)57-33-11-2-3-12-33)40(54)50-21-16-27(17-22-50)28-7-4-9-31(23-28)43(18-19-43)42-48-35-13-6-20-51(26-34(35)39(53)49-42)41(55)38(52)29-8-5-10-32(24-29)44(45,46)47/h4-5,7-10,14-16,23-25,33,38,52H,2-3,6,11-13,17-22,26H2,1H3,(H,48,49,53)/t38-/m1/s1. The van der Waals surface area contributed by atoms with E-state index in [1.165, 1.54) is 11.0 Å². The van der Waals surface area contributed by atoms with Crippen LogP contribution in [-0.2, 0) is 29.4 Å². The lowest BCUT2D eigenvalue weighted by Gasteiger charge is -2.27. The number of hydrogen-bond donors (Lipinski definition) is 2. The van der Waals surface area contributed by atoms with Gasteiger partial charge in [-0.05, 0) is 110 Å². The number of ether oxygens (including phenoxy) is 2. The summed E-state index contributed by atoms with van der Waals surface area (Å²) < 4.78 is 51.6. The molecule has 4 aliphatic rings. The fraction of sp³-hybridized carbons (Fsp3) is 0.409. The van der Waals surface area contributed by atoms with Crippen molar-refractivity contribution in [2.24, 2.45) is 0 Å². The molecule has 0 saturated heterocycles. The van der Waals surface area contributed by atoms with E-state index in [4.69, 9.17) is 14.5 Å². The maximum absolute atomic E-state index is 13.7. The SMILES string of the molecule is COc1ccc(C(=O)N2CC=C(c3cccc(C4(c5nc6c(c(=O)[nH]5)CN(C(=O)[C@H](O)c5cccc(C(F)(F)F)c5)CCC6)CC4)c3)CC2)cc1OC1CCCC1. The minimum Gasteiger partial charge on any atom is -0.493 e. The van der Waals surface area contributed by atoms with Gasteiger partial charge in [0, 0.05) is 25.2 Å². The quantitative estimate of drug-likeness (QED) is 0.185. The van der Waals surface area contributed by atoms with Crippen LogP contribution >= 0.6 is 0 Å². The number of halogens is 3. The first-order chi connectivity index (χ1) is 27.4. The van der Waals surface area contributed by atoms with Crippen LogP contribution in [0, 0.1) is 0 Å². The third-order valence-corrected chi connectivity index (χ3v) is 11.9. The van der Waals surface area contributed by atoms with Crippen LogP contribution in [0.3, 0.4) is 0 Å². The van der Waals surface area contributed by atoms with Gasteiger partial charge in [-0.3, -0.25) is 14.4 Å². The molecule has 3 aromatic carbocycles. The number of rotatable bonds is 9. The monoisotopic (exact) mass is 782 g/mol. The average molecular weight is 783 g/mol. The summed E-state index contributed by atoms with van der Waals surface area (Å²) in [7, 11) is 1.60. The average Bonchev–Trinajstić information content (AvgIpc) is 3.94. The molecular formula is C44H45F3N4O6. The third kappa shape index (κ3) is 7.81. The minimum atomic E-state index is -4.62. The first-order valence-corrected chi connectivity index (χ1v) is 19.6. The molecule has 13 heteroatoms. The summed E-state index contributed by atoms with van der Waals surface area (Å²) in [5, 5.41) is 10.8. The molecule has 2 aliphatic heterocycles. The van der Waals surface area contributed by atoms with Gasteiger partial charge in [-0.2, -0.15) is 13.2 Å². The zero-order valence-corrected chi connectivity index (χ0v) is 31.7. The van der Waals surface area contributed by atoms with Gasteiger partial charge in [0.15, 0.2) is 17.6 Å². The first kappa shape index (κ1) is 38.4. The number of fused-ring (bicyclic) bond motifs is 1. The van der Waals surface area contributed by atoms with Gasteiger partial charge < -0.3 is 29.4 Å². The van der Waals surface area contributed by atoms with Crippen molar-refractivity contribution in [1.29, 1.82) is 0 Å². The van der Waals surface area contributed by atoms with Crippen LogP contribution in [0.1, 0.15) is 107 Å². The Labute approximate surface area is 328 Å². The summed E-state index contributed by atoms with van der Waals surface area (Å²) in [4.78, 5) is 51.8. The molecule has 1 aromatic heterocycles. The van der Waals surface area contributed by atoms with E-state index >= 15 is 0 Å². The summed E-state index contributed by atoms with van der Waals surface area (Å²) in [6, 6.07) is 17.7. The molecule has 2 saturated carbocycles. The van der Waals surface area contributed by atoms with Gasteiger partial charge in [0.1, 0.15) is 5.82 Å². The number of amides is 2.